The van der Waals surface area contributed by atoms with Gasteiger partial charge in [-0.15, -0.1) is 0 Å². The van der Waals surface area contributed by atoms with Gasteiger partial charge in [0.25, 0.3) is 0 Å². The van der Waals surface area contributed by atoms with Crippen molar-refractivity contribution in [3.8, 4) is 0 Å². The van der Waals surface area contributed by atoms with Crippen LogP contribution in [0.3, 0.4) is 0 Å². The second kappa shape index (κ2) is 9.04. The minimum atomic E-state index is -0.0156. The Morgan fingerprint density at radius 2 is 2.10 bits per heavy atom. The number of rotatable bonds is 6. The van der Waals surface area contributed by atoms with Crippen LogP contribution in [0.1, 0.15) is 54.7 Å². The summed E-state index contributed by atoms with van der Waals surface area (Å²) in [7, 11) is 0. The number of ether oxygens (including phenoxy) is 2. The fourth-order valence-corrected chi connectivity index (χ4v) is 3.99. The van der Waals surface area contributed by atoms with Gasteiger partial charge in [0.15, 0.2) is 5.82 Å². The van der Waals surface area contributed by atoms with Crippen LogP contribution in [-0.4, -0.2) is 63.1 Å². The third-order valence-electron chi connectivity index (χ3n) is 5.62. The number of likely N-dealkylation sites (tertiary alicyclic amines) is 1. The van der Waals surface area contributed by atoms with E-state index in [9.17, 15) is 4.79 Å². The van der Waals surface area contributed by atoms with Crippen molar-refractivity contribution in [3.05, 3.63) is 29.2 Å². The van der Waals surface area contributed by atoms with E-state index in [-0.39, 0.29) is 24.5 Å². The van der Waals surface area contributed by atoms with E-state index < -0.39 is 0 Å². The minimum Gasteiger partial charge on any atom is -0.381 e. The molecule has 4 heterocycles. The molecule has 158 valence electrons. The summed E-state index contributed by atoms with van der Waals surface area (Å²) in [5.41, 5.74) is 1.92. The molecule has 9 nitrogen and oxygen atoms in total. The maximum Gasteiger partial charge on any atom is 0.244 e. The van der Waals surface area contributed by atoms with Gasteiger partial charge in [0, 0.05) is 37.9 Å². The molecular weight excluding hydrogens is 374 g/mol. The van der Waals surface area contributed by atoms with Gasteiger partial charge in [-0.2, -0.15) is 10.1 Å². The molecule has 0 bridgehead atoms. The smallest absolute Gasteiger partial charge is 0.244 e. The van der Waals surface area contributed by atoms with E-state index in [1.165, 1.54) is 0 Å². The molecule has 2 fully saturated rings. The molecule has 2 aromatic rings. The molecule has 2 aromatic heterocycles. The lowest BCUT2D eigenvalue weighted by atomic mass is 10.0. The number of amides is 1. The molecule has 29 heavy (non-hydrogen) atoms. The summed E-state index contributed by atoms with van der Waals surface area (Å²) < 4.78 is 18.6. The topological polar surface area (TPSA) is 95.5 Å². The number of aryl methyl sites for hydroxylation is 2. The van der Waals surface area contributed by atoms with Crippen molar-refractivity contribution in [2.45, 2.75) is 64.7 Å². The Bertz CT molecular complexity index is 827. The first-order valence-electron chi connectivity index (χ1n) is 10.4. The van der Waals surface area contributed by atoms with Gasteiger partial charge in [-0.25, -0.2) is 0 Å². The van der Waals surface area contributed by atoms with Crippen LogP contribution in [-0.2, 0) is 27.4 Å². The second-order valence-electron chi connectivity index (χ2n) is 7.94. The van der Waals surface area contributed by atoms with Crippen LogP contribution < -0.4 is 0 Å². The van der Waals surface area contributed by atoms with Gasteiger partial charge >= 0.3 is 0 Å². The van der Waals surface area contributed by atoms with E-state index in [2.05, 4.69) is 15.2 Å². The zero-order chi connectivity index (χ0) is 20.2. The average molecular weight is 403 g/mol. The zero-order valence-corrected chi connectivity index (χ0v) is 17.2. The molecule has 9 heteroatoms. The highest BCUT2D eigenvalue weighted by Gasteiger charge is 2.26. The van der Waals surface area contributed by atoms with Crippen LogP contribution in [0.15, 0.2) is 10.6 Å². The third-order valence-corrected chi connectivity index (χ3v) is 5.62. The van der Waals surface area contributed by atoms with Crippen molar-refractivity contribution < 1.29 is 18.8 Å². The predicted molar refractivity (Wildman–Crippen MR) is 103 cm³/mol. The summed E-state index contributed by atoms with van der Waals surface area (Å²) in [6, 6.07) is 1.98. The molecule has 1 atom stereocenters. The maximum absolute atomic E-state index is 12.7. The highest BCUT2D eigenvalue weighted by molar-refractivity contribution is 5.76. The Balaban J connectivity index is 1.27. The van der Waals surface area contributed by atoms with Gasteiger partial charge in [0.05, 0.1) is 11.8 Å². The molecule has 0 spiro atoms. The molecule has 2 aliphatic rings. The van der Waals surface area contributed by atoms with Crippen molar-refractivity contribution in [2.75, 3.05) is 26.3 Å². The fourth-order valence-electron chi connectivity index (χ4n) is 3.99. The Hall–Kier alpha value is -2.26. The quantitative estimate of drug-likeness (QED) is 0.728. The molecule has 1 amide bonds. The highest BCUT2D eigenvalue weighted by Crippen LogP contribution is 2.25. The molecule has 0 saturated carbocycles. The van der Waals surface area contributed by atoms with Crippen LogP contribution in [0.2, 0.25) is 0 Å². The molecule has 0 aromatic carbocycles. The van der Waals surface area contributed by atoms with Gasteiger partial charge < -0.3 is 18.9 Å². The Labute approximate surface area is 170 Å². The summed E-state index contributed by atoms with van der Waals surface area (Å²) in [5.74, 6) is 1.60. The second-order valence-corrected chi connectivity index (χ2v) is 7.94. The normalized spacial score (nSPS) is 20.9. The Kier molecular flexibility index (Phi) is 6.25. The van der Waals surface area contributed by atoms with Crippen LogP contribution in [0.4, 0.5) is 0 Å². The lowest BCUT2D eigenvalue weighted by Crippen LogP contribution is -2.44. The lowest BCUT2D eigenvalue weighted by molar-refractivity contribution is -0.136. The van der Waals surface area contributed by atoms with E-state index in [0.717, 1.165) is 56.8 Å². The standard InChI is InChI=1S/C20H29N5O4/c1-14-10-15(2)25(22-14)12-19(26)24-7-3-4-17(11-24)28-13-18-21-20(29-23-18)16-5-8-27-9-6-16/h10,16-17H,3-9,11-13H2,1-2H3. The summed E-state index contributed by atoms with van der Waals surface area (Å²) in [6.45, 7) is 7.30. The summed E-state index contributed by atoms with van der Waals surface area (Å²) in [4.78, 5) is 19.0. The van der Waals surface area contributed by atoms with E-state index in [4.69, 9.17) is 14.0 Å². The van der Waals surface area contributed by atoms with Crippen LogP contribution >= 0.6 is 0 Å². The van der Waals surface area contributed by atoms with Gasteiger partial charge in [0.2, 0.25) is 11.8 Å². The number of hydrogen-bond acceptors (Lipinski definition) is 7. The summed E-state index contributed by atoms with van der Waals surface area (Å²) >= 11 is 0. The van der Waals surface area contributed by atoms with Gasteiger partial charge in [-0.3, -0.25) is 9.48 Å². The number of hydrogen-bond donors (Lipinski definition) is 0. The van der Waals surface area contributed by atoms with Crippen molar-refractivity contribution in [1.82, 2.24) is 24.8 Å². The van der Waals surface area contributed by atoms with E-state index in [1.807, 2.05) is 24.8 Å². The Morgan fingerprint density at radius 1 is 1.28 bits per heavy atom. The molecular formula is C20H29N5O4. The maximum atomic E-state index is 12.7. The van der Waals surface area contributed by atoms with Gasteiger partial charge in [0.1, 0.15) is 13.2 Å². The zero-order valence-electron chi connectivity index (χ0n) is 17.2. The minimum absolute atomic E-state index is 0.0156. The fraction of sp³-hybridized carbons (Fsp3) is 0.700. The van der Waals surface area contributed by atoms with E-state index in [0.29, 0.717) is 24.9 Å². The lowest BCUT2D eigenvalue weighted by Gasteiger charge is -2.32. The largest absolute Gasteiger partial charge is 0.381 e. The van der Waals surface area contributed by atoms with Gasteiger partial charge in [-0.1, -0.05) is 5.16 Å². The van der Waals surface area contributed by atoms with Crippen LogP contribution in [0, 0.1) is 13.8 Å². The van der Waals surface area contributed by atoms with E-state index >= 15 is 0 Å². The molecule has 2 aliphatic heterocycles. The monoisotopic (exact) mass is 403 g/mol. The SMILES string of the molecule is Cc1cc(C)n(CC(=O)N2CCCC(OCc3noc(C4CCOCC4)n3)C2)n1. The number of nitrogens with zero attached hydrogens (tertiary/aromatic N) is 5. The molecule has 0 aliphatic carbocycles. The highest BCUT2D eigenvalue weighted by atomic mass is 16.5. The first kappa shape index (κ1) is 20.0. The number of piperidine rings is 1. The molecule has 0 N–H and O–H groups in total. The van der Waals surface area contributed by atoms with E-state index in [1.54, 1.807) is 4.68 Å². The molecule has 4 rings (SSSR count). The first-order chi connectivity index (χ1) is 14.1. The Morgan fingerprint density at radius 3 is 2.86 bits per heavy atom. The molecule has 0 radical (unpaired) electrons. The van der Waals surface area contributed by atoms with Crippen molar-refractivity contribution in [1.29, 1.82) is 0 Å². The van der Waals surface area contributed by atoms with Crippen molar-refractivity contribution in [3.63, 3.8) is 0 Å². The number of carbonyl (C=O) groups is 1. The third kappa shape index (κ3) is 5.02. The van der Waals surface area contributed by atoms with Gasteiger partial charge in [-0.05, 0) is 45.6 Å². The number of aromatic nitrogens is 4. The molecule has 1 unspecified atom stereocenters. The van der Waals surface area contributed by atoms with Crippen LogP contribution in [0.5, 0.6) is 0 Å². The number of carbonyl (C=O) groups excluding carboxylic acids is 1. The van der Waals surface area contributed by atoms with Crippen molar-refractivity contribution in [2.24, 2.45) is 0 Å². The average Bonchev–Trinajstić information content (AvgIpc) is 3.33. The summed E-state index contributed by atoms with van der Waals surface area (Å²) in [6.07, 6.45) is 3.66. The summed E-state index contributed by atoms with van der Waals surface area (Å²) in [5, 5.41) is 8.44. The first-order valence-corrected chi connectivity index (χ1v) is 10.4. The van der Waals surface area contributed by atoms with Crippen molar-refractivity contribution >= 4 is 5.91 Å². The van der Waals surface area contributed by atoms with Crippen LogP contribution in [0.25, 0.3) is 0 Å². The predicted octanol–water partition coefficient (Wildman–Crippen LogP) is 1.98. The molecule has 2 saturated heterocycles.